The van der Waals surface area contributed by atoms with Crippen LogP contribution in [0.4, 0.5) is 13.2 Å². The largest absolute Gasteiger partial charge is 0.480 e. The van der Waals surface area contributed by atoms with Crippen LogP contribution in [0.25, 0.3) is 0 Å². The Balaban J connectivity index is 2.28. The summed E-state index contributed by atoms with van der Waals surface area (Å²) in [6.45, 7) is 0.242. The van der Waals surface area contributed by atoms with E-state index in [9.17, 15) is 22.8 Å². The second-order valence-electron chi connectivity index (χ2n) is 4.93. The molecule has 1 unspecified atom stereocenters. The second-order valence-corrected chi connectivity index (χ2v) is 4.93. The summed E-state index contributed by atoms with van der Waals surface area (Å²) in [6.07, 6.45) is -2.89. The van der Waals surface area contributed by atoms with Gasteiger partial charge in [-0.05, 0) is 37.5 Å². The van der Waals surface area contributed by atoms with Crippen LogP contribution in [-0.2, 0) is 11.0 Å². The first kappa shape index (κ1) is 15.3. The monoisotopic (exact) mass is 301 g/mol. The molecule has 0 saturated carbocycles. The molecule has 1 N–H and O–H groups in total. The predicted octanol–water partition coefficient (Wildman–Crippen LogP) is 2.78. The van der Waals surface area contributed by atoms with Crippen LogP contribution in [-0.4, -0.2) is 34.5 Å². The third-order valence-corrected chi connectivity index (χ3v) is 3.49. The minimum atomic E-state index is -4.54. The Bertz CT molecular complexity index is 557. The van der Waals surface area contributed by atoms with E-state index in [1.807, 2.05) is 0 Å². The molecule has 21 heavy (non-hydrogen) atoms. The quantitative estimate of drug-likeness (QED) is 0.914. The van der Waals surface area contributed by atoms with Crippen molar-refractivity contribution in [2.45, 2.75) is 31.5 Å². The van der Waals surface area contributed by atoms with E-state index in [1.54, 1.807) is 0 Å². The van der Waals surface area contributed by atoms with Crippen LogP contribution in [0.2, 0.25) is 0 Å². The molecule has 1 aliphatic heterocycles. The highest BCUT2D eigenvalue weighted by molar-refractivity contribution is 5.96. The van der Waals surface area contributed by atoms with Gasteiger partial charge in [-0.1, -0.05) is 6.07 Å². The van der Waals surface area contributed by atoms with E-state index in [4.69, 9.17) is 5.11 Å². The van der Waals surface area contributed by atoms with E-state index < -0.39 is 29.7 Å². The van der Waals surface area contributed by atoms with Gasteiger partial charge in [0.2, 0.25) is 0 Å². The highest BCUT2D eigenvalue weighted by Gasteiger charge is 2.34. The summed E-state index contributed by atoms with van der Waals surface area (Å²) in [5.74, 6) is -1.80. The number of hydrogen-bond donors (Lipinski definition) is 1. The molecule has 2 rings (SSSR count). The van der Waals surface area contributed by atoms with Gasteiger partial charge in [0.05, 0.1) is 5.56 Å². The average Bonchev–Trinajstić information content (AvgIpc) is 2.45. The van der Waals surface area contributed by atoms with E-state index in [0.717, 1.165) is 23.1 Å². The van der Waals surface area contributed by atoms with Crippen molar-refractivity contribution in [3.8, 4) is 0 Å². The van der Waals surface area contributed by atoms with E-state index in [-0.39, 0.29) is 12.1 Å². The Morgan fingerprint density at radius 1 is 1.24 bits per heavy atom. The molecule has 1 aromatic rings. The standard InChI is InChI=1S/C14H14F3NO3/c15-14(16,17)10-5-3-4-9(8-10)12(19)18-7-2-1-6-11(18)13(20)21/h3-5,8,11H,1-2,6-7H2,(H,20,21). The van der Waals surface area contributed by atoms with Crippen molar-refractivity contribution in [2.24, 2.45) is 0 Å². The molecule has 0 spiro atoms. The van der Waals surface area contributed by atoms with Crippen molar-refractivity contribution in [2.75, 3.05) is 6.54 Å². The van der Waals surface area contributed by atoms with Gasteiger partial charge in [0.25, 0.3) is 5.91 Å². The lowest BCUT2D eigenvalue weighted by Crippen LogP contribution is -2.48. The topological polar surface area (TPSA) is 57.6 Å². The van der Waals surface area contributed by atoms with Gasteiger partial charge in [0, 0.05) is 12.1 Å². The summed E-state index contributed by atoms with van der Waals surface area (Å²) in [5.41, 5.74) is -1.06. The summed E-state index contributed by atoms with van der Waals surface area (Å²) < 4.78 is 38.0. The molecular formula is C14H14F3NO3. The highest BCUT2D eigenvalue weighted by atomic mass is 19.4. The van der Waals surface area contributed by atoms with Crippen LogP contribution in [0.1, 0.15) is 35.2 Å². The smallest absolute Gasteiger partial charge is 0.416 e. The molecule has 1 heterocycles. The lowest BCUT2D eigenvalue weighted by molar-refractivity contribution is -0.143. The van der Waals surface area contributed by atoms with Crippen LogP contribution in [0.15, 0.2) is 24.3 Å². The molecule has 1 aliphatic rings. The third-order valence-electron chi connectivity index (χ3n) is 3.49. The first-order valence-corrected chi connectivity index (χ1v) is 6.52. The van der Waals surface area contributed by atoms with Crippen molar-refractivity contribution in [3.63, 3.8) is 0 Å². The Morgan fingerprint density at radius 3 is 2.57 bits per heavy atom. The van der Waals surface area contributed by atoms with E-state index in [0.29, 0.717) is 19.3 Å². The van der Waals surface area contributed by atoms with Crippen LogP contribution in [0, 0.1) is 0 Å². The maximum Gasteiger partial charge on any atom is 0.416 e. The molecule has 0 aromatic heterocycles. The van der Waals surface area contributed by atoms with E-state index in [1.165, 1.54) is 6.07 Å². The Morgan fingerprint density at radius 2 is 1.95 bits per heavy atom. The lowest BCUT2D eigenvalue weighted by Gasteiger charge is -2.33. The second kappa shape index (κ2) is 5.75. The number of likely N-dealkylation sites (tertiary alicyclic amines) is 1. The minimum Gasteiger partial charge on any atom is -0.480 e. The average molecular weight is 301 g/mol. The summed E-state index contributed by atoms with van der Waals surface area (Å²) in [5, 5.41) is 9.11. The number of piperidine rings is 1. The molecule has 4 nitrogen and oxygen atoms in total. The summed E-state index contributed by atoms with van der Waals surface area (Å²) in [6, 6.07) is 3.08. The summed E-state index contributed by atoms with van der Waals surface area (Å²) in [7, 11) is 0. The molecule has 1 amide bonds. The Hall–Kier alpha value is -2.05. The number of alkyl halides is 3. The van der Waals surface area contributed by atoms with Gasteiger partial charge in [-0.25, -0.2) is 4.79 Å². The number of carboxylic acids is 1. The van der Waals surface area contributed by atoms with Crippen LogP contribution < -0.4 is 0 Å². The zero-order valence-electron chi connectivity index (χ0n) is 11.1. The number of halogens is 3. The Kier molecular flexibility index (Phi) is 4.20. The molecule has 7 heteroatoms. The van der Waals surface area contributed by atoms with Gasteiger partial charge in [-0.2, -0.15) is 13.2 Å². The maximum atomic E-state index is 12.7. The van der Waals surface area contributed by atoms with Crippen molar-refractivity contribution in [1.82, 2.24) is 4.90 Å². The van der Waals surface area contributed by atoms with Crippen molar-refractivity contribution in [3.05, 3.63) is 35.4 Å². The van der Waals surface area contributed by atoms with Gasteiger partial charge in [0.1, 0.15) is 6.04 Å². The molecule has 0 bridgehead atoms. The molecule has 0 aliphatic carbocycles. The fourth-order valence-electron chi connectivity index (χ4n) is 2.43. The fourth-order valence-corrected chi connectivity index (χ4v) is 2.43. The number of rotatable bonds is 2. The van der Waals surface area contributed by atoms with E-state index in [2.05, 4.69) is 0 Å². The fraction of sp³-hybridized carbons (Fsp3) is 0.429. The number of nitrogens with zero attached hydrogens (tertiary/aromatic N) is 1. The van der Waals surface area contributed by atoms with Crippen molar-refractivity contribution >= 4 is 11.9 Å². The number of carbonyl (C=O) groups is 2. The molecule has 0 radical (unpaired) electrons. The highest BCUT2D eigenvalue weighted by Crippen LogP contribution is 2.30. The SMILES string of the molecule is O=C(O)C1CCCCN1C(=O)c1cccc(C(F)(F)F)c1. The normalized spacial score (nSPS) is 19.4. The van der Waals surface area contributed by atoms with Gasteiger partial charge < -0.3 is 10.0 Å². The predicted molar refractivity (Wildman–Crippen MR) is 67.8 cm³/mol. The molecule has 1 fully saturated rings. The van der Waals surface area contributed by atoms with Gasteiger partial charge in [-0.3, -0.25) is 4.79 Å². The number of hydrogen-bond acceptors (Lipinski definition) is 2. The zero-order chi connectivity index (χ0) is 15.6. The molecule has 1 aromatic carbocycles. The molecular weight excluding hydrogens is 287 g/mol. The summed E-state index contributed by atoms with van der Waals surface area (Å²) >= 11 is 0. The number of carbonyl (C=O) groups excluding carboxylic acids is 1. The maximum absolute atomic E-state index is 12.7. The van der Waals surface area contributed by atoms with E-state index >= 15 is 0 Å². The number of benzene rings is 1. The zero-order valence-corrected chi connectivity index (χ0v) is 11.1. The molecule has 114 valence electrons. The van der Waals surface area contributed by atoms with Gasteiger partial charge in [0.15, 0.2) is 0 Å². The Labute approximate surface area is 119 Å². The number of carboxylic acid groups (broad SMARTS) is 1. The van der Waals surface area contributed by atoms with Gasteiger partial charge in [-0.15, -0.1) is 0 Å². The minimum absolute atomic E-state index is 0.141. The van der Waals surface area contributed by atoms with Crippen LogP contribution in [0.3, 0.4) is 0 Å². The van der Waals surface area contributed by atoms with Crippen molar-refractivity contribution < 1.29 is 27.9 Å². The molecule has 1 atom stereocenters. The summed E-state index contributed by atoms with van der Waals surface area (Å²) in [4.78, 5) is 24.6. The first-order valence-electron chi connectivity index (χ1n) is 6.52. The number of aliphatic carboxylic acids is 1. The lowest BCUT2D eigenvalue weighted by atomic mass is 10.0. The first-order chi connectivity index (χ1) is 9.80. The van der Waals surface area contributed by atoms with Gasteiger partial charge >= 0.3 is 12.1 Å². The third kappa shape index (κ3) is 3.34. The van der Waals surface area contributed by atoms with Crippen molar-refractivity contribution in [1.29, 1.82) is 0 Å². The van der Waals surface area contributed by atoms with Crippen LogP contribution >= 0.6 is 0 Å². The van der Waals surface area contributed by atoms with Crippen LogP contribution in [0.5, 0.6) is 0 Å². The molecule has 1 saturated heterocycles. The number of amides is 1.